The number of carbonyl (C=O) groups is 1. The van der Waals surface area contributed by atoms with Crippen LogP contribution < -0.4 is 0 Å². The zero-order valence-electron chi connectivity index (χ0n) is 3.62. The number of ketones is 1. The maximum atomic E-state index is 9.44. The number of hydrogen-bond donors (Lipinski definition) is 0. The molecule has 2 heteroatoms. The van der Waals surface area contributed by atoms with Crippen LogP contribution in [0.15, 0.2) is 0 Å². The van der Waals surface area contributed by atoms with E-state index in [-0.39, 0.29) is 29.7 Å². The van der Waals surface area contributed by atoms with Gasteiger partial charge in [0.1, 0.15) is 5.78 Å². The molecule has 0 aliphatic rings. The summed E-state index contributed by atoms with van der Waals surface area (Å²) >= 11 is 0. The molecule has 0 aromatic carbocycles. The summed E-state index contributed by atoms with van der Waals surface area (Å²) in [6.07, 6.45) is 0. The summed E-state index contributed by atoms with van der Waals surface area (Å²) in [5.41, 5.74) is 0. The van der Waals surface area contributed by atoms with Gasteiger partial charge in [0.25, 0.3) is 0 Å². The molecule has 0 saturated carbocycles. The molecule has 0 bridgehead atoms. The van der Waals surface area contributed by atoms with E-state index in [9.17, 15) is 4.79 Å². The van der Waals surface area contributed by atoms with Crippen molar-refractivity contribution in [2.24, 2.45) is 0 Å². The molecule has 0 rings (SSSR count). The molecule has 0 unspecified atom stereocenters. The van der Waals surface area contributed by atoms with Crippen molar-refractivity contribution in [3.8, 4) is 0 Å². The van der Waals surface area contributed by atoms with Crippen LogP contribution in [0.1, 0.15) is 13.8 Å². The fourth-order valence-corrected chi connectivity index (χ4v) is 0. The Morgan fingerprint density at radius 3 is 1.40 bits per heavy atom. The van der Waals surface area contributed by atoms with Crippen molar-refractivity contribution in [3.63, 3.8) is 0 Å². The van der Waals surface area contributed by atoms with E-state index < -0.39 is 0 Å². The fraction of sp³-hybridized carbons (Fsp3) is 0.667. The van der Waals surface area contributed by atoms with Gasteiger partial charge >= 0.3 is 23.9 Å². The minimum absolute atomic E-state index is 0. The summed E-state index contributed by atoms with van der Waals surface area (Å²) in [4.78, 5) is 9.44. The second kappa shape index (κ2) is 4.47. The van der Waals surface area contributed by atoms with Crippen LogP contribution in [0.3, 0.4) is 0 Å². The number of Topliss-reactive ketones (excluding diaryl/α,β-unsaturated/α-hetero) is 1. The monoisotopic (exact) mass is 180 g/mol. The van der Waals surface area contributed by atoms with Gasteiger partial charge in [-0.3, -0.25) is 0 Å². The van der Waals surface area contributed by atoms with Crippen LogP contribution in [0.4, 0.5) is 0 Å². The molecular formula is C3H8OSn. The van der Waals surface area contributed by atoms with E-state index in [2.05, 4.69) is 0 Å². The van der Waals surface area contributed by atoms with Crippen molar-refractivity contribution in [2.45, 2.75) is 13.8 Å². The Labute approximate surface area is 48.7 Å². The van der Waals surface area contributed by atoms with Gasteiger partial charge in [-0.05, 0) is 13.8 Å². The van der Waals surface area contributed by atoms with Gasteiger partial charge in [0.2, 0.25) is 0 Å². The van der Waals surface area contributed by atoms with Crippen LogP contribution in [-0.4, -0.2) is 29.7 Å². The predicted molar refractivity (Wildman–Crippen MR) is 24.9 cm³/mol. The molecule has 2 radical (unpaired) electrons. The Balaban J connectivity index is 0. The van der Waals surface area contributed by atoms with Crippen LogP contribution in [-0.2, 0) is 4.79 Å². The van der Waals surface area contributed by atoms with E-state index in [1.165, 1.54) is 13.8 Å². The molecule has 0 aliphatic heterocycles. The third-order valence-corrected chi connectivity index (χ3v) is 0. The molecule has 30 valence electrons. The van der Waals surface area contributed by atoms with Gasteiger partial charge in [-0.2, -0.15) is 0 Å². The van der Waals surface area contributed by atoms with E-state index in [0.717, 1.165) is 0 Å². The van der Waals surface area contributed by atoms with Crippen molar-refractivity contribution >= 4 is 29.7 Å². The summed E-state index contributed by atoms with van der Waals surface area (Å²) in [7, 11) is 0. The van der Waals surface area contributed by atoms with Crippen molar-refractivity contribution in [1.29, 1.82) is 0 Å². The van der Waals surface area contributed by atoms with Crippen LogP contribution in [0, 0.1) is 0 Å². The number of hydrogen-bond acceptors (Lipinski definition) is 1. The number of carbonyl (C=O) groups excluding carboxylic acids is 1. The van der Waals surface area contributed by atoms with Gasteiger partial charge in [-0.15, -0.1) is 0 Å². The van der Waals surface area contributed by atoms with Gasteiger partial charge in [0.15, 0.2) is 0 Å². The van der Waals surface area contributed by atoms with Crippen molar-refractivity contribution in [1.82, 2.24) is 0 Å². The SMILES string of the molecule is CC(C)=O.[SnH2]. The topological polar surface area (TPSA) is 17.1 Å². The first-order valence-corrected chi connectivity index (χ1v) is 1.20. The fourth-order valence-electron chi connectivity index (χ4n) is 0. The second-order valence-electron chi connectivity index (χ2n) is 0.908. The summed E-state index contributed by atoms with van der Waals surface area (Å²) in [6, 6.07) is 0. The molecule has 5 heavy (non-hydrogen) atoms. The van der Waals surface area contributed by atoms with E-state index in [0.29, 0.717) is 0 Å². The zero-order valence-corrected chi connectivity index (χ0v) is 7.65. The summed E-state index contributed by atoms with van der Waals surface area (Å²) < 4.78 is 0. The Morgan fingerprint density at radius 2 is 1.40 bits per heavy atom. The molecular weight excluding hydrogens is 171 g/mol. The molecule has 0 amide bonds. The Bertz CT molecular complexity index is 29.9. The normalized spacial score (nSPS) is 5.20. The summed E-state index contributed by atoms with van der Waals surface area (Å²) in [5.74, 6) is 0.167. The quantitative estimate of drug-likeness (QED) is 0.465. The van der Waals surface area contributed by atoms with Gasteiger partial charge < -0.3 is 4.79 Å². The van der Waals surface area contributed by atoms with Gasteiger partial charge in [0, 0.05) is 0 Å². The molecule has 0 heterocycles. The summed E-state index contributed by atoms with van der Waals surface area (Å²) in [5, 5.41) is 0. The average molecular weight is 179 g/mol. The molecule has 0 N–H and O–H groups in total. The van der Waals surface area contributed by atoms with Gasteiger partial charge in [0.05, 0.1) is 0 Å². The Hall–Kier alpha value is 0.469. The van der Waals surface area contributed by atoms with Crippen LogP contribution in [0.25, 0.3) is 0 Å². The van der Waals surface area contributed by atoms with E-state index in [1.54, 1.807) is 0 Å². The van der Waals surface area contributed by atoms with Gasteiger partial charge in [-0.1, -0.05) is 0 Å². The van der Waals surface area contributed by atoms with E-state index >= 15 is 0 Å². The van der Waals surface area contributed by atoms with Gasteiger partial charge in [-0.25, -0.2) is 0 Å². The Morgan fingerprint density at radius 1 is 1.40 bits per heavy atom. The molecule has 0 fully saturated rings. The third-order valence-electron chi connectivity index (χ3n) is 0. The molecule has 1 nitrogen and oxygen atoms in total. The molecule has 0 aliphatic carbocycles. The second-order valence-corrected chi connectivity index (χ2v) is 0.908. The molecule has 0 aromatic heterocycles. The van der Waals surface area contributed by atoms with Crippen LogP contribution in [0.2, 0.25) is 0 Å². The molecule has 0 aromatic rings. The first-order valence-electron chi connectivity index (χ1n) is 1.20. The van der Waals surface area contributed by atoms with E-state index in [1.807, 2.05) is 0 Å². The summed E-state index contributed by atoms with van der Waals surface area (Å²) in [6.45, 7) is 3.06. The van der Waals surface area contributed by atoms with Crippen LogP contribution in [0.5, 0.6) is 0 Å². The minimum atomic E-state index is 0. The van der Waals surface area contributed by atoms with Crippen LogP contribution >= 0.6 is 0 Å². The van der Waals surface area contributed by atoms with E-state index in [4.69, 9.17) is 0 Å². The first-order chi connectivity index (χ1) is 1.73. The molecule has 0 atom stereocenters. The first kappa shape index (κ1) is 9.08. The number of rotatable bonds is 0. The predicted octanol–water partition coefficient (Wildman–Crippen LogP) is -0.321. The molecule has 0 spiro atoms. The zero-order chi connectivity index (χ0) is 3.58. The van der Waals surface area contributed by atoms with Crippen molar-refractivity contribution in [2.75, 3.05) is 0 Å². The maximum absolute atomic E-state index is 9.44. The Kier molecular flexibility index (Phi) is 8.11. The van der Waals surface area contributed by atoms with Crippen molar-refractivity contribution < 1.29 is 4.79 Å². The third kappa shape index (κ3) is 124. The average Bonchev–Trinajstić information content (AvgIpc) is 0.811. The standard InChI is InChI=1S/C3H6O.Sn.2H/c1-3(2)4;;;/h1-2H3;;;. The van der Waals surface area contributed by atoms with Crippen molar-refractivity contribution in [3.05, 3.63) is 0 Å². The molecule has 0 saturated heterocycles.